The minimum Gasteiger partial charge on any atom is -0.472 e. The molecule has 18 rings (SSSR count). The molecule has 0 saturated carbocycles. The van der Waals surface area contributed by atoms with Crippen LogP contribution < -0.4 is 71.9 Å². The molecule has 10 aromatic heterocycles. The number of H-pyrrole nitrogens is 1. The summed E-state index contributed by atoms with van der Waals surface area (Å²) in [7, 11) is 3.96. The number of benzene rings is 3. The first kappa shape index (κ1) is 91.1. The van der Waals surface area contributed by atoms with Gasteiger partial charge in [-0.25, -0.2) is 39.9 Å². The van der Waals surface area contributed by atoms with E-state index in [4.69, 9.17) is 9.15 Å². The smallest absolute Gasteiger partial charge is 0.274 e. The van der Waals surface area contributed by atoms with E-state index in [-0.39, 0.29) is 59.0 Å². The third-order valence-corrected chi connectivity index (χ3v) is 20.8. The number of ether oxygens (including phenoxy) is 1. The number of anilines is 10. The number of amides is 4. The predicted molar refractivity (Wildman–Crippen MR) is 495 cm³/mol. The lowest BCUT2D eigenvalue weighted by molar-refractivity contribution is 0.101. The van der Waals surface area contributed by atoms with Crippen LogP contribution in [0.3, 0.4) is 0 Å². The molecule has 5 saturated heterocycles. The molecule has 5 aliphatic rings. The Morgan fingerprint density at radius 3 is 1.18 bits per heavy atom. The van der Waals surface area contributed by atoms with Crippen LogP contribution in [0.2, 0.25) is 0 Å². The summed E-state index contributed by atoms with van der Waals surface area (Å²) in [5.74, 6) is 0.770. The summed E-state index contributed by atoms with van der Waals surface area (Å²) in [5.41, 5.74) is 14.1. The van der Waals surface area contributed by atoms with Crippen LogP contribution in [0.5, 0.6) is 0 Å². The third kappa shape index (κ3) is 23.5. The molecule has 5 fully saturated rings. The van der Waals surface area contributed by atoms with Gasteiger partial charge >= 0.3 is 0 Å². The largest absolute Gasteiger partial charge is 0.472 e. The second-order valence-electron chi connectivity index (χ2n) is 28.4. The normalized spacial score (nSPS) is 14.2. The van der Waals surface area contributed by atoms with Crippen molar-refractivity contribution >= 4 is 107 Å². The topological polar surface area (TPSA) is 377 Å². The lowest BCUT2D eigenvalue weighted by Crippen LogP contribution is -2.43. The van der Waals surface area contributed by atoms with Crippen LogP contribution >= 0.6 is 15.9 Å². The van der Waals surface area contributed by atoms with Crippen molar-refractivity contribution in [3.8, 4) is 45.7 Å². The van der Waals surface area contributed by atoms with Crippen molar-refractivity contribution in [1.29, 1.82) is 0 Å². The number of hydrogen-bond acceptors (Lipinski definition) is 28. The van der Waals surface area contributed by atoms with Gasteiger partial charge in [0.25, 0.3) is 23.6 Å². The number of halogens is 1. The molecule has 124 heavy (non-hydrogen) atoms. The van der Waals surface area contributed by atoms with Crippen molar-refractivity contribution in [2.45, 2.75) is 29.7 Å². The second-order valence-corrected chi connectivity index (χ2v) is 29.3. The molecule has 3 aromatic carbocycles. The van der Waals surface area contributed by atoms with Crippen molar-refractivity contribution in [2.75, 3.05) is 196 Å². The molecule has 0 atom stereocenters. The minimum atomic E-state index is -0.304. The SMILES string of the molecule is C.C.C.C.CN(C)c1cccc(-c2nccc(C(=O)Nc3cnccc3N3CCNCC3)n2)c1.O=C(Nc1cnccc1N1CCNCC1)c1ccnc(-c2cc3cc(Br)ccc3[nH]2)n1.O=C(Nc1cnccc1N1CCNCC1)c1ccnc(-c2ccc(N3CCOCC3)cc2)n1.O=C(Nc1cnccc1N1CCNCC1)c1ccnc(-c2ccoc2)n1. The van der Waals surface area contributed by atoms with Crippen molar-refractivity contribution in [1.82, 2.24) is 86.1 Å². The number of nitrogens with zero attached hydrogens (tertiary/aromatic N) is 18. The molecule has 34 heteroatoms. The van der Waals surface area contributed by atoms with Crippen LogP contribution in [-0.4, -0.2) is 234 Å². The van der Waals surface area contributed by atoms with E-state index in [1.54, 1.807) is 117 Å². The highest BCUT2D eigenvalue weighted by atomic mass is 79.9. The summed E-state index contributed by atoms with van der Waals surface area (Å²) in [5, 5.41) is 26.2. The van der Waals surface area contributed by atoms with Crippen LogP contribution in [0, 0.1) is 0 Å². The highest BCUT2D eigenvalue weighted by Gasteiger charge is 2.25. The monoisotopic (exact) mass is 1740 g/mol. The van der Waals surface area contributed by atoms with E-state index < -0.39 is 0 Å². The number of morpholine rings is 1. The Labute approximate surface area is 730 Å². The zero-order chi connectivity index (χ0) is 82.4. The van der Waals surface area contributed by atoms with E-state index in [0.29, 0.717) is 63.1 Å². The number of aromatic amines is 1. The molecule has 0 aliphatic carbocycles. The summed E-state index contributed by atoms with van der Waals surface area (Å²) in [6.07, 6.45) is 23.1. The molecule has 0 radical (unpaired) electrons. The maximum Gasteiger partial charge on any atom is 0.274 e. The Bertz CT molecular complexity index is 5640. The maximum absolute atomic E-state index is 13.0. The number of pyridine rings is 4. The molecule has 0 spiro atoms. The highest BCUT2D eigenvalue weighted by Crippen LogP contribution is 2.33. The molecule has 0 bridgehead atoms. The van der Waals surface area contributed by atoms with E-state index >= 15 is 0 Å². The quantitative estimate of drug-likeness (QED) is 0.0385. The van der Waals surface area contributed by atoms with Crippen LogP contribution in [0.1, 0.15) is 71.7 Å². The number of aromatic nitrogens is 13. The molecule has 13 aromatic rings. The van der Waals surface area contributed by atoms with Crippen molar-refractivity contribution in [3.05, 3.63) is 242 Å². The fourth-order valence-corrected chi connectivity index (χ4v) is 14.5. The number of nitrogens with one attached hydrogen (secondary N) is 9. The lowest BCUT2D eigenvalue weighted by Gasteiger charge is -2.30. The summed E-state index contributed by atoms with van der Waals surface area (Å²) in [4.78, 5) is 120. The van der Waals surface area contributed by atoms with Gasteiger partial charge in [0.05, 0.1) is 101 Å². The number of hydrogen-bond donors (Lipinski definition) is 9. The number of carbonyl (C=O) groups excluding carboxylic acids is 4. The average molecular weight is 1740 g/mol. The first-order valence-corrected chi connectivity index (χ1v) is 40.4. The molecule has 9 N–H and O–H groups in total. The fourth-order valence-electron chi connectivity index (χ4n) is 14.1. The van der Waals surface area contributed by atoms with E-state index in [1.165, 1.54) is 0 Å². The molecular formula is C90H106BrN27O6. The van der Waals surface area contributed by atoms with Gasteiger partial charge in [-0.2, -0.15) is 0 Å². The molecule has 0 unspecified atom stereocenters. The third-order valence-electron chi connectivity index (χ3n) is 20.3. The zero-order valence-corrected chi connectivity index (χ0v) is 67.8. The second kappa shape index (κ2) is 44.8. The summed E-state index contributed by atoms with van der Waals surface area (Å²) in [6.45, 7) is 17.6. The maximum atomic E-state index is 13.0. The predicted octanol–water partition coefficient (Wildman–Crippen LogP) is 12.1. The van der Waals surface area contributed by atoms with E-state index in [0.717, 1.165) is 203 Å². The highest BCUT2D eigenvalue weighted by molar-refractivity contribution is 9.10. The Morgan fingerprint density at radius 2 is 0.782 bits per heavy atom. The van der Waals surface area contributed by atoms with Crippen LogP contribution in [-0.2, 0) is 4.74 Å². The zero-order valence-electron chi connectivity index (χ0n) is 66.2. The van der Waals surface area contributed by atoms with Crippen LogP contribution in [0.25, 0.3) is 56.6 Å². The first-order valence-electron chi connectivity index (χ1n) is 39.6. The number of rotatable bonds is 18. The summed E-state index contributed by atoms with van der Waals surface area (Å²) < 4.78 is 11.5. The van der Waals surface area contributed by atoms with Gasteiger partial charge in [-0.3, -0.25) is 39.1 Å². The van der Waals surface area contributed by atoms with E-state index in [1.807, 2.05) is 104 Å². The summed E-state index contributed by atoms with van der Waals surface area (Å²) >= 11 is 3.48. The fraction of sp³-hybridized carbons (Fsp3) is 0.289. The van der Waals surface area contributed by atoms with E-state index in [2.05, 4.69) is 160 Å². The molecule has 15 heterocycles. The Kier molecular flexibility index (Phi) is 32.9. The average Bonchev–Trinajstić information content (AvgIpc) is 1.76. The van der Waals surface area contributed by atoms with Crippen molar-refractivity contribution in [2.24, 2.45) is 0 Å². The Morgan fingerprint density at radius 1 is 0.395 bits per heavy atom. The van der Waals surface area contributed by atoms with Gasteiger partial charge in [-0.05, 0) is 115 Å². The molecule has 4 amide bonds. The number of fused-ring (bicyclic) bond motifs is 1. The van der Waals surface area contributed by atoms with Gasteiger partial charge in [0.15, 0.2) is 23.3 Å². The Hall–Kier alpha value is -13.6. The van der Waals surface area contributed by atoms with Gasteiger partial charge in [0, 0.05) is 219 Å². The van der Waals surface area contributed by atoms with E-state index in [9.17, 15) is 19.2 Å². The van der Waals surface area contributed by atoms with Gasteiger partial charge in [-0.1, -0.05) is 57.8 Å². The first-order chi connectivity index (χ1) is 58.9. The van der Waals surface area contributed by atoms with Crippen LogP contribution in [0.4, 0.5) is 56.9 Å². The van der Waals surface area contributed by atoms with Gasteiger partial charge in [0.1, 0.15) is 29.0 Å². The molecular weight excluding hydrogens is 1640 g/mol. The van der Waals surface area contributed by atoms with Crippen molar-refractivity contribution in [3.63, 3.8) is 0 Å². The van der Waals surface area contributed by atoms with Crippen molar-refractivity contribution < 1.29 is 28.3 Å². The lowest BCUT2D eigenvalue weighted by atomic mass is 10.1. The van der Waals surface area contributed by atoms with Gasteiger partial charge in [0.2, 0.25) is 0 Å². The molecule has 5 aliphatic heterocycles. The Balaban J connectivity index is 0.000000160. The summed E-state index contributed by atoms with van der Waals surface area (Å²) in [6, 6.07) is 39.9. The van der Waals surface area contributed by atoms with Gasteiger partial charge < -0.3 is 86.1 Å². The van der Waals surface area contributed by atoms with Crippen LogP contribution in [0.15, 0.2) is 223 Å². The standard InChI is InChI=1S/C24H27N7O2.C22H20BrN7O.C22H25N7O.C18H18N6O2.4CH4/c32-24(29-21-17-26-7-6-22(21)31-11-9-25-10-12-31)20-5-8-27-23(28-20)18-1-3-19(4-2-18)30-13-15-33-16-14-30;23-15-1-2-16-14(11-15)12-18(27-16)21-26-6-3-17(28-21)22(31)29-19-13-25-5-4-20(19)30-9-7-24-8-10-30;1-28(2)17-5-3-4-16(14-17)21-25-9-6-18(26-21)22(30)27-19-15-24-8-7-20(19)29-12-10-23-11-13-29;25-18(14-1-5-21-17(22-14)13-3-10-26-12-13)23-15-11-20-4-2-16(15)24-8-6-19-7-9-24;;;;/h1-8,17,25H,9-16H2,(H,29,32);1-6,11-13,24,27H,7-10H2,(H,29,31);3-9,14-15,23H,10-13H2,1-2H3,(H,27,30);1-5,10-12,19H,6-9H2,(H,23,25);4*1H4. The molecule has 644 valence electrons. The number of carbonyl (C=O) groups is 4. The number of piperazine rings is 4. The molecule has 33 nitrogen and oxygen atoms in total. The van der Waals surface area contributed by atoms with Gasteiger partial charge in [-0.15, -0.1) is 0 Å². The number of furan rings is 1. The minimum absolute atomic E-state index is 0.